The van der Waals surface area contributed by atoms with E-state index in [-0.39, 0.29) is 12.1 Å². The number of thioether (sulfide) groups is 1. The minimum absolute atomic E-state index is 0.217. The van der Waals surface area contributed by atoms with E-state index in [0.29, 0.717) is 16.5 Å². The Kier molecular flexibility index (Phi) is 6.47. The van der Waals surface area contributed by atoms with Crippen LogP contribution in [0, 0.1) is 0 Å². The zero-order valence-corrected chi connectivity index (χ0v) is 17.0. The minimum Gasteiger partial charge on any atom is -0.459 e. The molecule has 0 spiro atoms. The van der Waals surface area contributed by atoms with E-state index in [1.54, 1.807) is 6.92 Å². The summed E-state index contributed by atoms with van der Waals surface area (Å²) in [6.07, 6.45) is 6.34. The molecule has 2 aliphatic rings. The molecule has 0 bridgehead atoms. The predicted octanol–water partition coefficient (Wildman–Crippen LogP) is 4.69. The Morgan fingerprint density at radius 3 is 2.44 bits per heavy atom. The molecule has 27 heavy (non-hydrogen) atoms. The van der Waals surface area contributed by atoms with Crippen molar-refractivity contribution in [3.63, 3.8) is 0 Å². The number of carbonyl (C=O) groups excluding carboxylic acids is 2. The topological polar surface area (TPSA) is 67.4 Å². The lowest BCUT2D eigenvalue weighted by Crippen LogP contribution is -2.45. The molecule has 2 amide bonds. The number of hydrogen-bond acceptors (Lipinski definition) is 4. The van der Waals surface area contributed by atoms with Crippen LogP contribution in [0.25, 0.3) is 0 Å². The fourth-order valence-electron chi connectivity index (χ4n) is 3.61. The molecular weight excluding hydrogens is 360 g/mol. The second-order valence-electron chi connectivity index (χ2n) is 7.47. The molecule has 146 valence electrons. The van der Waals surface area contributed by atoms with Crippen LogP contribution in [0.4, 0.5) is 4.79 Å². The van der Waals surface area contributed by atoms with Gasteiger partial charge < -0.3 is 15.4 Å². The van der Waals surface area contributed by atoms with Gasteiger partial charge in [-0.2, -0.15) is 0 Å². The SMILES string of the molecule is CC1=C(C(=O)OC(C)C)C(c2ccc(SC3CCCCC3)cc2)NC(=O)N1. The number of amides is 2. The summed E-state index contributed by atoms with van der Waals surface area (Å²) < 4.78 is 5.38. The number of allylic oxidation sites excluding steroid dienone is 1. The highest BCUT2D eigenvalue weighted by molar-refractivity contribution is 8.00. The quantitative estimate of drug-likeness (QED) is 0.718. The molecule has 1 aromatic carbocycles. The number of urea groups is 1. The maximum absolute atomic E-state index is 12.6. The number of rotatable bonds is 5. The molecular formula is C21H28N2O3S. The average molecular weight is 389 g/mol. The summed E-state index contributed by atoms with van der Waals surface area (Å²) >= 11 is 1.93. The summed E-state index contributed by atoms with van der Waals surface area (Å²) in [6, 6.07) is 7.36. The molecule has 0 radical (unpaired) electrons. The van der Waals surface area contributed by atoms with Gasteiger partial charge in [0.1, 0.15) is 0 Å². The van der Waals surface area contributed by atoms with E-state index in [2.05, 4.69) is 22.8 Å². The van der Waals surface area contributed by atoms with E-state index < -0.39 is 12.0 Å². The van der Waals surface area contributed by atoms with Crippen molar-refractivity contribution < 1.29 is 14.3 Å². The van der Waals surface area contributed by atoms with Crippen LogP contribution in [0.15, 0.2) is 40.4 Å². The third-order valence-corrected chi connectivity index (χ3v) is 6.25. The van der Waals surface area contributed by atoms with E-state index in [1.807, 2.05) is 37.7 Å². The molecule has 1 heterocycles. The first-order chi connectivity index (χ1) is 12.9. The van der Waals surface area contributed by atoms with Crippen molar-refractivity contribution in [1.82, 2.24) is 10.6 Å². The lowest BCUT2D eigenvalue weighted by Gasteiger charge is -2.28. The van der Waals surface area contributed by atoms with Gasteiger partial charge in [0.25, 0.3) is 0 Å². The summed E-state index contributed by atoms with van der Waals surface area (Å²) in [7, 11) is 0. The molecule has 1 aromatic rings. The third kappa shape index (κ3) is 5.06. The minimum atomic E-state index is -0.501. The first-order valence-corrected chi connectivity index (χ1v) is 10.6. The Morgan fingerprint density at radius 2 is 1.81 bits per heavy atom. The van der Waals surface area contributed by atoms with Crippen LogP contribution in [-0.2, 0) is 9.53 Å². The van der Waals surface area contributed by atoms with Crippen molar-refractivity contribution in [2.24, 2.45) is 0 Å². The van der Waals surface area contributed by atoms with Crippen molar-refractivity contribution in [1.29, 1.82) is 0 Å². The van der Waals surface area contributed by atoms with Gasteiger partial charge in [-0.25, -0.2) is 9.59 Å². The van der Waals surface area contributed by atoms with Gasteiger partial charge in [-0.3, -0.25) is 0 Å². The summed E-state index contributed by atoms with van der Waals surface area (Å²) in [5.74, 6) is -0.402. The largest absolute Gasteiger partial charge is 0.459 e. The second kappa shape index (κ2) is 8.83. The maximum atomic E-state index is 12.6. The van der Waals surface area contributed by atoms with Crippen molar-refractivity contribution in [3.05, 3.63) is 41.1 Å². The summed E-state index contributed by atoms with van der Waals surface area (Å²) in [5.41, 5.74) is 1.87. The maximum Gasteiger partial charge on any atom is 0.338 e. The van der Waals surface area contributed by atoms with Crippen LogP contribution in [0.1, 0.15) is 64.5 Å². The highest BCUT2D eigenvalue weighted by Crippen LogP contribution is 2.35. The zero-order chi connectivity index (χ0) is 19.4. The lowest BCUT2D eigenvalue weighted by atomic mass is 9.95. The molecule has 0 aromatic heterocycles. The summed E-state index contributed by atoms with van der Waals surface area (Å²) in [5, 5.41) is 6.22. The Balaban J connectivity index is 1.78. The molecule has 1 atom stereocenters. The van der Waals surface area contributed by atoms with Gasteiger partial charge in [0.15, 0.2) is 0 Å². The molecule has 1 aliphatic heterocycles. The molecule has 3 rings (SSSR count). The molecule has 5 nitrogen and oxygen atoms in total. The summed E-state index contributed by atoms with van der Waals surface area (Å²) in [6.45, 7) is 5.36. The summed E-state index contributed by atoms with van der Waals surface area (Å²) in [4.78, 5) is 25.8. The Bertz CT molecular complexity index is 721. The van der Waals surface area contributed by atoms with Gasteiger partial charge in [0.2, 0.25) is 0 Å². The van der Waals surface area contributed by atoms with Gasteiger partial charge in [-0.1, -0.05) is 31.4 Å². The standard InChI is InChI=1S/C21H28N2O3S/c1-13(2)26-20(24)18-14(3)22-21(25)23-19(18)15-9-11-17(12-10-15)27-16-7-5-4-6-8-16/h9-13,16,19H,4-8H2,1-3H3,(H2,22,23,25). The molecule has 0 saturated heterocycles. The highest BCUT2D eigenvalue weighted by Gasteiger charge is 2.32. The first kappa shape index (κ1) is 19.8. The molecule has 2 N–H and O–H groups in total. The molecule has 1 unspecified atom stereocenters. The third-order valence-electron chi connectivity index (χ3n) is 4.90. The number of esters is 1. The predicted molar refractivity (Wildman–Crippen MR) is 108 cm³/mol. The van der Waals surface area contributed by atoms with Gasteiger partial charge in [0, 0.05) is 15.8 Å². The van der Waals surface area contributed by atoms with E-state index in [9.17, 15) is 9.59 Å². The van der Waals surface area contributed by atoms with Gasteiger partial charge in [-0.05, 0) is 51.3 Å². The normalized spacial score (nSPS) is 21.0. The number of ether oxygens (including phenoxy) is 1. The van der Waals surface area contributed by atoms with Gasteiger partial charge >= 0.3 is 12.0 Å². The van der Waals surface area contributed by atoms with Gasteiger partial charge in [-0.15, -0.1) is 11.8 Å². The van der Waals surface area contributed by atoms with E-state index in [1.165, 1.54) is 37.0 Å². The van der Waals surface area contributed by atoms with Crippen LogP contribution in [-0.4, -0.2) is 23.4 Å². The number of hydrogen-bond donors (Lipinski definition) is 2. The molecule has 1 fully saturated rings. The van der Waals surface area contributed by atoms with Crippen molar-refractivity contribution in [2.75, 3.05) is 0 Å². The van der Waals surface area contributed by atoms with Gasteiger partial charge in [0.05, 0.1) is 17.7 Å². The Labute approximate surface area is 165 Å². The van der Waals surface area contributed by atoms with Crippen molar-refractivity contribution >= 4 is 23.8 Å². The Hall–Kier alpha value is -1.95. The molecule has 1 saturated carbocycles. The van der Waals surface area contributed by atoms with Crippen LogP contribution in [0.3, 0.4) is 0 Å². The Morgan fingerprint density at radius 1 is 1.15 bits per heavy atom. The fourth-order valence-corrected chi connectivity index (χ4v) is 4.85. The number of carbonyl (C=O) groups is 2. The zero-order valence-electron chi connectivity index (χ0n) is 16.2. The fraction of sp³-hybridized carbons (Fsp3) is 0.524. The van der Waals surface area contributed by atoms with E-state index in [4.69, 9.17) is 4.74 Å². The van der Waals surface area contributed by atoms with Crippen LogP contribution in [0.2, 0.25) is 0 Å². The average Bonchev–Trinajstić information content (AvgIpc) is 2.62. The smallest absolute Gasteiger partial charge is 0.338 e. The van der Waals surface area contributed by atoms with E-state index >= 15 is 0 Å². The van der Waals surface area contributed by atoms with Crippen LogP contribution in [0.5, 0.6) is 0 Å². The second-order valence-corrected chi connectivity index (χ2v) is 8.84. The van der Waals surface area contributed by atoms with Crippen molar-refractivity contribution in [2.45, 2.75) is 75.2 Å². The van der Waals surface area contributed by atoms with Crippen LogP contribution < -0.4 is 10.6 Å². The molecule has 6 heteroatoms. The van der Waals surface area contributed by atoms with Crippen LogP contribution >= 0.6 is 11.8 Å². The van der Waals surface area contributed by atoms with Crippen molar-refractivity contribution in [3.8, 4) is 0 Å². The number of nitrogens with one attached hydrogen (secondary N) is 2. The molecule has 1 aliphatic carbocycles. The number of benzene rings is 1. The monoisotopic (exact) mass is 388 g/mol. The van der Waals surface area contributed by atoms with E-state index in [0.717, 1.165) is 5.56 Å². The highest BCUT2D eigenvalue weighted by atomic mass is 32.2. The first-order valence-electron chi connectivity index (χ1n) is 9.70. The lowest BCUT2D eigenvalue weighted by molar-refractivity contribution is -0.143.